The molecule has 2 aromatic heterocycles. The van der Waals surface area contributed by atoms with Crippen LogP contribution in [0.15, 0.2) is 34.4 Å². The molecule has 1 aromatic carbocycles. The molecule has 7 heteroatoms. The zero-order valence-electron chi connectivity index (χ0n) is 10.1. The van der Waals surface area contributed by atoms with E-state index in [0.29, 0.717) is 16.0 Å². The Morgan fingerprint density at radius 1 is 1.30 bits per heavy atom. The Kier molecular flexibility index (Phi) is 3.19. The van der Waals surface area contributed by atoms with Crippen LogP contribution in [0.3, 0.4) is 0 Å². The Balaban J connectivity index is 1.86. The molecule has 0 aliphatic rings. The van der Waals surface area contributed by atoms with Crippen molar-refractivity contribution in [2.75, 3.05) is 5.32 Å². The summed E-state index contributed by atoms with van der Waals surface area (Å²) in [7, 11) is 0. The maximum Gasteiger partial charge on any atom is 0.268 e. The lowest BCUT2D eigenvalue weighted by Crippen LogP contribution is -2.13. The number of hydrogen-bond acceptors (Lipinski definition) is 4. The van der Waals surface area contributed by atoms with Crippen LogP contribution in [0.2, 0.25) is 0 Å². The Morgan fingerprint density at radius 2 is 2.15 bits per heavy atom. The normalized spacial score (nSPS) is 10.9. The van der Waals surface area contributed by atoms with Crippen LogP contribution < -0.4 is 10.9 Å². The Hall–Kier alpha value is -2.28. The van der Waals surface area contributed by atoms with Gasteiger partial charge in [0, 0.05) is 0 Å². The van der Waals surface area contributed by atoms with E-state index in [4.69, 9.17) is 0 Å². The van der Waals surface area contributed by atoms with Crippen molar-refractivity contribution in [3.63, 3.8) is 0 Å². The average Bonchev–Trinajstić information content (AvgIpc) is 2.89. The van der Waals surface area contributed by atoms with Crippen molar-refractivity contribution in [2.45, 2.75) is 6.54 Å². The van der Waals surface area contributed by atoms with Crippen molar-refractivity contribution in [2.24, 2.45) is 0 Å². The molecule has 0 aliphatic heterocycles. The van der Waals surface area contributed by atoms with Crippen LogP contribution in [0.25, 0.3) is 10.2 Å². The van der Waals surface area contributed by atoms with Gasteiger partial charge >= 0.3 is 0 Å². The fourth-order valence-corrected chi connectivity index (χ4v) is 2.54. The molecule has 0 saturated carbocycles. The van der Waals surface area contributed by atoms with Crippen molar-refractivity contribution in [3.05, 3.63) is 57.5 Å². The molecule has 0 radical (unpaired) electrons. The summed E-state index contributed by atoms with van der Waals surface area (Å²) in [4.78, 5) is 18.6. The van der Waals surface area contributed by atoms with Gasteiger partial charge in [0.1, 0.15) is 22.2 Å². The van der Waals surface area contributed by atoms with Crippen LogP contribution in [-0.2, 0) is 6.54 Å². The minimum absolute atomic E-state index is 0.0260. The van der Waals surface area contributed by atoms with E-state index in [-0.39, 0.29) is 17.8 Å². The molecule has 3 aromatic rings. The van der Waals surface area contributed by atoms with Gasteiger partial charge in [-0.2, -0.15) is 0 Å². The van der Waals surface area contributed by atoms with E-state index in [1.807, 2.05) is 0 Å². The minimum atomic E-state index is -0.564. The van der Waals surface area contributed by atoms with Crippen molar-refractivity contribution >= 4 is 27.2 Å². The molecule has 4 nitrogen and oxygen atoms in total. The van der Waals surface area contributed by atoms with Gasteiger partial charge in [-0.1, -0.05) is 0 Å². The fraction of sp³-hybridized carbons (Fsp3) is 0.0769. The summed E-state index contributed by atoms with van der Waals surface area (Å²) in [5, 5.41) is 4.48. The second-order valence-electron chi connectivity index (χ2n) is 4.13. The van der Waals surface area contributed by atoms with Crippen molar-refractivity contribution in [3.8, 4) is 0 Å². The van der Waals surface area contributed by atoms with Crippen LogP contribution in [-0.4, -0.2) is 9.97 Å². The first-order chi connectivity index (χ1) is 9.63. The van der Waals surface area contributed by atoms with Crippen LogP contribution in [0.1, 0.15) is 5.82 Å². The third-order valence-corrected chi connectivity index (χ3v) is 3.64. The van der Waals surface area contributed by atoms with E-state index < -0.39 is 11.6 Å². The van der Waals surface area contributed by atoms with E-state index in [2.05, 4.69) is 15.3 Å². The van der Waals surface area contributed by atoms with Gasteiger partial charge in [-0.05, 0) is 29.6 Å². The number of aromatic nitrogens is 2. The number of anilines is 1. The third-order valence-electron chi connectivity index (χ3n) is 2.74. The van der Waals surface area contributed by atoms with E-state index in [0.717, 1.165) is 18.2 Å². The molecule has 20 heavy (non-hydrogen) atoms. The highest BCUT2D eigenvalue weighted by molar-refractivity contribution is 7.17. The predicted molar refractivity (Wildman–Crippen MR) is 73.9 cm³/mol. The van der Waals surface area contributed by atoms with Crippen molar-refractivity contribution < 1.29 is 8.78 Å². The lowest BCUT2D eigenvalue weighted by molar-refractivity contribution is 0.602. The Labute approximate surface area is 116 Å². The van der Waals surface area contributed by atoms with Gasteiger partial charge in [0.05, 0.1) is 17.7 Å². The van der Waals surface area contributed by atoms with Gasteiger partial charge in [-0.15, -0.1) is 11.3 Å². The van der Waals surface area contributed by atoms with Gasteiger partial charge in [0.15, 0.2) is 0 Å². The highest BCUT2D eigenvalue weighted by atomic mass is 32.1. The number of nitrogens with one attached hydrogen (secondary N) is 2. The lowest BCUT2D eigenvalue weighted by Gasteiger charge is -2.07. The minimum Gasteiger partial charge on any atom is -0.375 e. The molecule has 0 spiro atoms. The maximum atomic E-state index is 13.4. The SMILES string of the molecule is O=c1[nH]c(CNc2cc(F)ccc2F)nc2ccsc12. The van der Waals surface area contributed by atoms with Crippen LogP contribution in [0.4, 0.5) is 14.5 Å². The molecule has 0 fully saturated rings. The van der Waals surface area contributed by atoms with Gasteiger partial charge in [-0.25, -0.2) is 13.8 Å². The zero-order valence-corrected chi connectivity index (χ0v) is 10.9. The first kappa shape index (κ1) is 12.7. The molecular formula is C13H9F2N3OS. The van der Waals surface area contributed by atoms with Gasteiger partial charge < -0.3 is 10.3 Å². The van der Waals surface area contributed by atoms with E-state index >= 15 is 0 Å². The van der Waals surface area contributed by atoms with Crippen LogP contribution >= 0.6 is 11.3 Å². The summed E-state index contributed by atoms with van der Waals surface area (Å²) in [5.74, 6) is -0.737. The molecule has 0 atom stereocenters. The first-order valence-electron chi connectivity index (χ1n) is 5.79. The second-order valence-corrected chi connectivity index (χ2v) is 5.04. The summed E-state index contributed by atoms with van der Waals surface area (Å²) in [6.07, 6.45) is 0. The van der Waals surface area contributed by atoms with Crippen LogP contribution in [0.5, 0.6) is 0 Å². The topological polar surface area (TPSA) is 57.8 Å². The van der Waals surface area contributed by atoms with E-state index in [1.54, 1.807) is 11.4 Å². The number of H-pyrrole nitrogens is 1. The highest BCUT2D eigenvalue weighted by Gasteiger charge is 2.07. The van der Waals surface area contributed by atoms with Gasteiger partial charge in [-0.3, -0.25) is 4.79 Å². The Bertz CT molecular complexity index is 828. The van der Waals surface area contributed by atoms with Crippen molar-refractivity contribution in [1.82, 2.24) is 9.97 Å². The largest absolute Gasteiger partial charge is 0.375 e. The number of benzene rings is 1. The molecule has 3 rings (SSSR count). The second kappa shape index (κ2) is 5.01. The summed E-state index contributed by atoms with van der Waals surface area (Å²) in [5.41, 5.74) is 0.384. The number of nitrogens with zero attached hydrogens (tertiary/aromatic N) is 1. The summed E-state index contributed by atoms with van der Waals surface area (Å²) in [6.45, 7) is 0.0986. The predicted octanol–water partition coefficient (Wildman–Crippen LogP) is 2.87. The monoisotopic (exact) mass is 293 g/mol. The molecule has 2 N–H and O–H groups in total. The van der Waals surface area contributed by atoms with E-state index in [1.165, 1.54) is 11.3 Å². The quantitative estimate of drug-likeness (QED) is 0.780. The maximum absolute atomic E-state index is 13.4. The summed E-state index contributed by atoms with van der Waals surface area (Å²) < 4.78 is 27.0. The number of halogens is 2. The lowest BCUT2D eigenvalue weighted by atomic mass is 10.3. The molecule has 102 valence electrons. The number of fused-ring (bicyclic) bond motifs is 1. The molecule has 0 bridgehead atoms. The number of hydrogen-bond donors (Lipinski definition) is 2. The number of rotatable bonds is 3. The first-order valence-corrected chi connectivity index (χ1v) is 6.67. The van der Waals surface area contributed by atoms with Gasteiger partial charge in [0.25, 0.3) is 5.56 Å². The number of aromatic amines is 1. The smallest absolute Gasteiger partial charge is 0.268 e. The summed E-state index contributed by atoms with van der Waals surface area (Å²) in [6, 6.07) is 4.87. The number of thiophene rings is 1. The van der Waals surface area contributed by atoms with Crippen molar-refractivity contribution in [1.29, 1.82) is 0 Å². The van der Waals surface area contributed by atoms with Gasteiger partial charge in [0.2, 0.25) is 0 Å². The summed E-state index contributed by atoms with van der Waals surface area (Å²) >= 11 is 1.31. The van der Waals surface area contributed by atoms with Crippen LogP contribution in [0, 0.1) is 11.6 Å². The molecular weight excluding hydrogens is 284 g/mol. The Morgan fingerprint density at radius 3 is 3.00 bits per heavy atom. The molecule has 0 amide bonds. The average molecular weight is 293 g/mol. The molecule has 2 heterocycles. The third kappa shape index (κ3) is 2.39. The zero-order chi connectivity index (χ0) is 14.1. The highest BCUT2D eigenvalue weighted by Crippen LogP contribution is 2.17. The molecule has 0 aliphatic carbocycles. The van der Waals surface area contributed by atoms with E-state index in [9.17, 15) is 13.6 Å². The molecule has 0 unspecified atom stereocenters. The standard InChI is InChI=1S/C13H9F2N3OS/c14-7-1-2-8(15)10(5-7)16-6-11-17-9-3-4-20-12(9)13(19)18-11/h1-5,16H,6H2,(H,17,18,19). The fourth-order valence-electron chi connectivity index (χ4n) is 1.82. The molecule has 0 saturated heterocycles.